The number of primary sulfonamides is 1. The fourth-order valence-corrected chi connectivity index (χ4v) is 3.03. The van der Waals surface area contributed by atoms with Crippen LogP contribution < -0.4 is 10.9 Å². The van der Waals surface area contributed by atoms with Crippen molar-refractivity contribution in [2.75, 3.05) is 5.73 Å². The van der Waals surface area contributed by atoms with Crippen LogP contribution in [-0.2, 0) is 10.0 Å². The van der Waals surface area contributed by atoms with Gasteiger partial charge < -0.3 is 5.73 Å². The minimum absolute atomic E-state index is 0.00143. The first-order chi connectivity index (χ1) is 7.73. The van der Waals surface area contributed by atoms with Crippen LogP contribution in [0.2, 0.25) is 0 Å². The van der Waals surface area contributed by atoms with Crippen molar-refractivity contribution in [1.82, 2.24) is 0 Å². The maximum atomic E-state index is 11.3. The van der Waals surface area contributed by atoms with Gasteiger partial charge in [0.05, 0.1) is 5.69 Å². The van der Waals surface area contributed by atoms with E-state index >= 15 is 0 Å². The first-order valence-electron chi connectivity index (χ1n) is 5.31. The number of rotatable bonds is 4. The van der Waals surface area contributed by atoms with Gasteiger partial charge in [0.2, 0.25) is 10.0 Å². The molecule has 1 unspecified atom stereocenters. The molecule has 0 aliphatic rings. The molecule has 4 N–H and O–H groups in total. The molecule has 0 amide bonds. The largest absolute Gasteiger partial charge is 0.397 e. The third kappa shape index (κ3) is 3.62. The van der Waals surface area contributed by atoms with Gasteiger partial charge in [-0.05, 0) is 18.1 Å². The van der Waals surface area contributed by atoms with Crippen molar-refractivity contribution in [2.45, 2.75) is 35.8 Å². The van der Waals surface area contributed by atoms with Crippen LogP contribution in [0.1, 0.15) is 20.8 Å². The highest BCUT2D eigenvalue weighted by Gasteiger charge is 2.17. The predicted octanol–water partition coefficient (Wildman–Crippen LogP) is 2.05. The molecule has 0 fully saturated rings. The van der Waals surface area contributed by atoms with Crippen LogP contribution >= 0.6 is 11.8 Å². The van der Waals surface area contributed by atoms with E-state index in [9.17, 15) is 8.42 Å². The van der Waals surface area contributed by atoms with E-state index in [2.05, 4.69) is 20.8 Å². The highest BCUT2D eigenvalue weighted by Crippen LogP contribution is 2.34. The third-order valence-electron chi connectivity index (χ3n) is 2.58. The van der Waals surface area contributed by atoms with E-state index in [1.807, 2.05) is 6.07 Å². The van der Waals surface area contributed by atoms with Crippen LogP contribution in [0, 0.1) is 5.92 Å². The zero-order valence-corrected chi connectivity index (χ0v) is 11.8. The summed E-state index contributed by atoms with van der Waals surface area (Å²) in [5.74, 6) is 0.484. The fraction of sp³-hybridized carbons (Fsp3) is 0.455. The third-order valence-corrected chi connectivity index (χ3v) is 5.08. The Morgan fingerprint density at radius 1 is 1.24 bits per heavy atom. The Morgan fingerprint density at radius 2 is 1.82 bits per heavy atom. The molecule has 0 radical (unpaired) electrons. The van der Waals surface area contributed by atoms with Crippen molar-refractivity contribution in [1.29, 1.82) is 0 Å². The Balaban J connectivity index is 3.12. The van der Waals surface area contributed by atoms with Crippen LogP contribution in [-0.4, -0.2) is 13.7 Å². The van der Waals surface area contributed by atoms with Gasteiger partial charge in [-0.3, -0.25) is 0 Å². The van der Waals surface area contributed by atoms with E-state index in [1.54, 1.807) is 17.8 Å². The van der Waals surface area contributed by atoms with E-state index in [-0.39, 0.29) is 10.6 Å². The molecule has 1 aromatic rings. The zero-order chi connectivity index (χ0) is 13.2. The Morgan fingerprint density at radius 3 is 2.29 bits per heavy atom. The smallest absolute Gasteiger partial charge is 0.240 e. The summed E-state index contributed by atoms with van der Waals surface area (Å²) in [7, 11) is -3.75. The average molecular weight is 274 g/mol. The standard InChI is InChI=1S/C11H18N2O2S2/c1-7(2)8(3)16-9-5-4-6-10(11(9)12)17(13,14)15/h4-8H,12H2,1-3H3,(H2,13,14,15). The maximum absolute atomic E-state index is 11.3. The first kappa shape index (κ1) is 14.3. The Hall–Kier alpha value is -0.720. The normalized spacial score (nSPS) is 13.9. The van der Waals surface area contributed by atoms with Crippen molar-refractivity contribution < 1.29 is 8.42 Å². The van der Waals surface area contributed by atoms with Crippen LogP contribution in [0.15, 0.2) is 28.0 Å². The van der Waals surface area contributed by atoms with E-state index in [0.717, 1.165) is 4.90 Å². The number of sulfonamides is 1. The number of nitrogen functional groups attached to an aromatic ring is 1. The van der Waals surface area contributed by atoms with Crippen LogP contribution in [0.4, 0.5) is 5.69 Å². The molecule has 1 aromatic carbocycles. The summed E-state index contributed by atoms with van der Waals surface area (Å²) in [6.07, 6.45) is 0. The second kappa shape index (κ2) is 5.29. The van der Waals surface area contributed by atoms with Crippen molar-refractivity contribution in [2.24, 2.45) is 11.1 Å². The molecule has 6 heteroatoms. The number of nitrogens with two attached hydrogens (primary N) is 2. The second-order valence-corrected chi connectivity index (χ2v) is 7.23. The zero-order valence-electron chi connectivity index (χ0n) is 10.2. The SMILES string of the molecule is CC(C)C(C)Sc1cccc(S(N)(=O)=O)c1N. The minimum atomic E-state index is -3.75. The molecule has 4 nitrogen and oxygen atoms in total. The molecule has 1 atom stereocenters. The van der Waals surface area contributed by atoms with Crippen LogP contribution in [0.3, 0.4) is 0 Å². The van der Waals surface area contributed by atoms with Crippen LogP contribution in [0.25, 0.3) is 0 Å². The molecule has 1 rings (SSSR count). The van der Waals surface area contributed by atoms with E-state index in [4.69, 9.17) is 10.9 Å². The lowest BCUT2D eigenvalue weighted by atomic mass is 10.2. The molecular formula is C11H18N2O2S2. The Bertz CT molecular complexity index is 498. The van der Waals surface area contributed by atoms with E-state index in [1.165, 1.54) is 6.07 Å². The molecular weight excluding hydrogens is 256 g/mol. The van der Waals surface area contributed by atoms with Gasteiger partial charge in [-0.1, -0.05) is 26.8 Å². The summed E-state index contributed by atoms with van der Waals surface area (Å²) in [4.78, 5) is 0.760. The molecule has 0 spiro atoms. The van der Waals surface area contributed by atoms with Gasteiger partial charge in [-0.15, -0.1) is 11.8 Å². The molecule has 17 heavy (non-hydrogen) atoms. The van der Waals surface area contributed by atoms with Gasteiger partial charge in [0, 0.05) is 10.1 Å². The monoisotopic (exact) mass is 274 g/mol. The highest BCUT2D eigenvalue weighted by atomic mass is 32.2. The quantitative estimate of drug-likeness (QED) is 0.650. The lowest BCUT2D eigenvalue weighted by Gasteiger charge is -2.17. The lowest BCUT2D eigenvalue weighted by molar-refractivity contribution is 0.598. The molecule has 0 saturated heterocycles. The first-order valence-corrected chi connectivity index (χ1v) is 7.74. The molecule has 0 saturated carbocycles. The van der Waals surface area contributed by atoms with Crippen molar-refractivity contribution in [3.63, 3.8) is 0 Å². The summed E-state index contributed by atoms with van der Waals surface area (Å²) in [6, 6.07) is 4.90. The van der Waals surface area contributed by atoms with Gasteiger partial charge in [-0.2, -0.15) is 0 Å². The topological polar surface area (TPSA) is 86.2 Å². The average Bonchev–Trinajstić information content (AvgIpc) is 2.19. The molecule has 96 valence electrons. The van der Waals surface area contributed by atoms with Gasteiger partial charge in [0.15, 0.2) is 0 Å². The summed E-state index contributed by atoms with van der Waals surface area (Å²) in [6.45, 7) is 6.30. The number of thioether (sulfide) groups is 1. The van der Waals surface area contributed by atoms with E-state index in [0.29, 0.717) is 11.2 Å². The number of benzene rings is 1. The van der Waals surface area contributed by atoms with Gasteiger partial charge in [-0.25, -0.2) is 13.6 Å². The molecule has 0 aliphatic heterocycles. The number of hydrogen-bond donors (Lipinski definition) is 2. The van der Waals surface area contributed by atoms with Gasteiger partial charge >= 0.3 is 0 Å². The van der Waals surface area contributed by atoms with Gasteiger partial charge in [0.1, 0.15) is 4.90 Å². The summed E-state index contributed by atoms with van der Waals surface area (Å²) < 4.78 is 22.6. The summed E-state index contributed by atoms with van der Waals surface area (Å²) in [5, 5.41) is 5.45. The van der Waals surface area contributed by atoms with Crippen molar-refractivity contribution in [3.8, 4) is 0 Å². The number of hydrogen-bond acceptors (Lipinski definition) is 4. The summed E-state index contributed by atoms with van der Waals surface area (Å²) >= 11 is 1.56. The molecule has 0 aromatic heterocycles. The minimum Gasteiger partial charge on any atom is -0.397 e. The fourth-order valence-electron chi connectivity index (χ4n) is 1.21. The molecule has 0 bridgehead atoms. The predicted molar refractivity (Wildman–Crippen MR) is 72.4 cm³/mol. The molecule has 0 heterocycles. The highest BCUT2D eigenvalue weighted by molar-refractivity contribution is 8.00. The number of anilines is 1. The maximum Gasteiger partial charge on any atom is 0.240 e. The summed E-state index contributed by atoms with van der Waals surface area (Å²) in [5.41, 5.74) is 6.08. The van der Waals surface area contributed by atoms with Crippen molar-refractivity contribution in [3.05, 3.63) is 18.2 Å². The molecule has 0 aliphatic carbocycles. The van der Waals surface area contributed by atoms with Crippen molar-refractivity contribution >= 4 is 27.5 Å². The van der Waals surface area contributed by atoms with E-state index < -0.39 is 10.0 Å². The Labute approximate surface area is 107 Å². The lowest BCUT2D eigenvalue weighted by Crippen LogP contribution is -2.15. The van der Waals surface area contributed by atoms with Crippen LogP contribution in [0.5, 0.6) is 0 Å². The number of para-hydroxylation sites is 1. The van der Waals surface area contributed by atoms with Gasteiger partial charge in [0.25, 0.3) is 0 Å². The Kier molecular flexibility index (Phi) is 4.46. The second-order valence-electron chi connectivity index (χ2n) is 4.28.